The van der Waals surface area contributed by atoms with Crippen LogP contribution in [0.2, 0.25) is 5.02 Å². The number of benzene rings is 3. The van der Waals surface area contributed by atoms with Gasteiger partial charge in [-0.2, -0.15) is 4.98 Å². The number of para-hydroxylation sites is 1. The number of amides is 1. The molecule has 0 radical (unpaired) electrons. The van der Waals surface area contributed by atoms with Crippen molar-refractivity contribution < 1.29 is 9.53 Å². The fraction of sp³-hybridized carbons (Fsp3) is 0.120. The summed E-state index contributed by atoms with van der Waals surface area (Å²) in [6.45, 7) is 2.06. The van der Waals surface area contributed by atoms with Crippen LogP contribution in [0.3, 0.4) is 0 Å². The SMILES string of the molecule is Cc1ccc(CSc2nnc3c(n2)O[C@@]2(Nc4ccccc4-3)C(=O)Nc3ccc(Cl)cc32)cc1. The zero-order valence-corrected chi connectivity index (χ0v) is 19.6. The fourth-order valence-electron chi connectivity index (χ4n) is 4.06. The van der Waals surface area contributed by atoms with Crippen LogP contribution in [0.4, 0.5) is 11.4 Å². The third-order valence-corrected chi connectivity index (χ3v) is 6.94. The number of aromatic nitrogens is 3. The van der Waals surface area contributed by atoms with Crippen molar-refractivity contribution in [1.29, 1.82) is 0 Å². The average Bonchev–Trinajstić information content (AvgIpc) is 3.00. The molecule has 6 rings (SSSR count). The molecule has 2 aliphatic heterocycles. The molecule has 3 aromatic carbocycles. The van der Waals surface area contributed by atoms with Crippen molar-refractivity contribution in [1.82, 2.24) is 15.2 Å². The van der Waals surface area contributed by atoms with E-state index in [0.29, 0.717) is 38.6 Å². The van der Waals surface area contributed by atoms with Crippen molar-refractivity contribution in [2.75, 3.05) is 10.6 Å². The number of nitrogens with one attached hydrogen (secondary N) is 2. The van der Waals surface area contributed by atoms with E-state index in [2.05, 4.69) is 57.0 Å². The molecule has 3 heterocycles. The summed E-state index contributed by atoms with van der Waals surface area (Å²) in [6.07, 6.45) is 0. The first-order valence-electron chi connectivity index (χ1n) is 10.6. The maximum Gasteiger partial charge on any atom is 0.295 e. The number of aryl methyl sites for hydroxylation is 1. The predicted molar refractivity (Wildman–Crippen MR) is 132 cm³/mol. The third-order valence-electron chi connectivity index (χ3n) is 5.80. The summed E-state index contributed by atoms with van der Waals surface area (Å²) < 4.78 is 6.38. The van der Waals surface area contributed by atoms with E-state index in [1.807, 2.05) is 24.3 Å². The van der Waals surface area contributed by atoms with E-state index in [4.69, 9.17) is 16.3 Å². The molecule has 34 heavy (non-hydrogen) atoms. The summed E-state index contributed by atoms with van der Waals surface area (Å²) >= 11 is 7.74. The van der Waals surface area contributed by atoms with E-state index in [-0.39, 0.29) is 11.8 Å². The van der Waals surface area contributed by atoms with Crippen LogP contribution in [0, 0.1) is 6.92 Å². The topological polar surface area (TPSA) is 89.0 Å². The lowest BCUT2D eigenvalue weighted by Gasteiger charge is -2.28. The zero-order valence-electron chi connectivity index (χ0n) is 18.0. The van der Waals surface area contributed by atoms with Crippen molar-refractivity contribution in [3.63, 3.8) is 0 Å². The predicted octanol–water partition coefficient (Wildman–Crippen LogP) is 5.40. The molecule has 0 aliphatic carbocycles. The number of hydrogen-bond acceptors (Lipinski definition) is 7. The molecule has 1 spiro atoms. The number of carbonyl (C=O) groups is 1. The van der Waals surface area contributed by atoms with Gasteiger partial charge in [-0.15, -0.1) is 10.2 Å². The monoisotopic (exact) mass is 487 g/mol. The first kappa shape index (κ1) is 20.9. The highest BCUT2D eigenvalue weighted by atomic mass is 35.5. The number of carbonyl (C=O) groups excluding carboxylic acids is 1. The van der Waals surface area contributed by atoms with Gasteiger partial charge >= 0.3 is 0 Å². The number of fused-ring (bicyclic) bond motifs is 5. The third kappa shape index (κ3) is 3.46. The normalized spacial score (nSPS) is 17.6. The largest absolute Gasteiger partial charge is 0.435 e. The van der Waals surface area contributed by atoms with Crippen LogP contribution in [0.25, 0.3) is 11.3 Å². The van der Waals surface area contributed by atoms with Gasteiger partial charge in [0.15, 0.2) is 5.69 Å². The van der Waals surface area contributed by atoms with Crippen molar-refractivity contribution in [3.8, 4) is 17.1 Å². The molecule has 0 unspecified atom stereocenters. The van der Waals surface area contributed by atoms with Crippen LogP contribution >= 0.6 is 23.4 Å². The van der Waals surface area contributed by atoms with E-state index < -0.39 is 5.72 Å². The Kier molecular flexibility index (Phi) is 4.93. The molecule has 1 atom stereocenters. The highest BCUT2D eigenvalue weighted by Gasteiger charge is 2.52. The van der Waals surface area contributed by atoms with Crippen LogP contribution in [-0.2, 0) is 16.3 Å². The number of rotatable bonds is 3. The Labute approximate surface area is 204 Å². The zero-order chi connectivity index (χ0) is 23.3. The minimum Gasteiger partial charge on any atom is -0.435 e. The van der Waals surface area contributed by atoms with Gasteiger partial charge in [0.1, 0.15) is 0 Å². The van der Waals surface area contributed by atoms with E-state index in [9.17, 15) is 4.79 Å². The quantitative estimate of drug-likeness (QED) is 0.374. The van der Waals surface area contributed by atoms with Crippen LogP contribution in [0.5, 0.6) is 5.88 Å². The smallest absolute Gasteiger partial charge is 0.295 e. The van der Waals surface area contributed by atoms with E-state index in [0.717, 1.165) is 11.1 Å². The standard InChI is InChI=1S/C25H18ClN5O2S/c1-14-6-8-15(9-7-14)13-34-24-28-22-21(30-31-24)17-4-2-3-5-19(17)29-25(33-22)18-12-16(26)10-11-20(18)27-23(25)32/h2-12,29H,13H2,1H3,(H,27,32)/t25-/m1/s1. The number of ether oxygens (including phenoxy) is 1. The molecule has 168 valence electrons. The van der Waals surface area contributed by atoms with Gasteiger partial charge in [0.25, 0.3) is 11.6 Å². The lowest BCUT2D eigenvalue weighted by Crippen LogP contribution is -2.47. The molecule has 0 saturated carbocycles. The van der Waals surface area contributed by atoms with Crippen LogP contribution < -0.4 is 15.4 Å². The Morgan fingerprint density at radius 3 is 2.71 bits per heavy atom. The summed E-state index contributed by atoms with van der Waals surface area (Å²) in [5.41, 5.74) is 3.90. The van der Waals surface area contributed by atoms with Crippen molar-refractivity contribution in [2.24, 2.45) is 0 Å². The molecule has 2 N–H and O–H groups in total. The maximum absolute atomic E-state index is 13.3. The number of anilines is 2. The molecule has 2 aliphatic rings. The Balaban J connectivity index is 1.44. The molecule has 0 bridgehead atoms. The first-order chi connectivity index (χ1) is 16.5. The van der Waals surface area contributed by atoms with Gasteiger partial charge in [-0.1, -0.05) is 71.4 Å². The van der Waals surface area contributed by atoms with E-state index in [1.165, 1.54) is 17.3 Å². The Morgan fingerprint density at radius 2 is 1.85 bits per heavy atom. The second kappa shape index (κ2) is 8.00. The highest BCUT2D eigenvalue weighted by molar-refractivity contribution is 7.98. The van der Waals surface area contributed by atoms with Crippen molar-refractivity contribution in [3.05, 3.63) is 88.4 Å². The number of hydrogen-bond donors (Lipinski definition) is 2. The lowest BCUT2D eigenvalue weighted by atomic mass is 10.0. The van der Waals surface area contributed by atoms with Crippen LogP contribution in [0.15, 0.2) is 71.9 Å². The second-order valence-electron chi connectivity index (χ2n) is 8.12. The molecule has 4 aromatic rings. The van der Waals surface area contributed by atoms with Crippen molar-refractivity contribution in [2.45, 2.75) is 23.6 Å². The molecule has 7 nitrogen and oxygen atoms in total. The summed E-state index contributed by atoms with van der Waals surface area (Å²) in [4.78, 5) is 18.0. The summed E-state index contributed by atoms with van der Waals surface area (Å²) in [6, 6.07) is 21.0. The second-order valence-corrected chi connectivity index (χ2v) is 9.50. The van der Waals surface area contributed by atoms with Gasteiger partial charge in [0.05, 0.1) is 11.3 Å². The van der Waals surface area contributed by atoms with Crippen molar-refractivity contribution >= 4 is 40.6 Å². The van der Waals surface area contributed by atoms with Gasteiger partial charge in [0.2, 0.25) is 11.0 Å². The molecule has 9 heteroatoms. The summed E-state index contributed by atoms with van der Waals surface area (Å²) in [5, 5.41) is 15.9. The van der Waals surface area contributed by atoms with E-state index in [1.54, 1.807) is 18.2 Å². The van der Waals surface area contributed by atoms with Gasteiger partial charge in [-0.25, -0.2) is 0 Å². The number of thioether (sulfide) groups is 1. The molecule has 1 amide bonds. The minimum atomic E-state index is -1.55. The average molecular weight is 488 g/mol. The van der Waals surface area contributed by atoms with Gasteiger partial charge in [-0.05, 0) is 36.8 Å². The fourth-order valence-corrected chi connectivity index (χ4v) is 4.97. The summed E-state index contributed by atoms with van der Waals surface area (Å²) in [5.74, 6) is 0.543. The lowest BCUT2D eigenvalue weighted by molar-refractivity contribution is -0.128. The highest BCUT2D eigenvalue weighted by Crippen LogP contribution is 2.47. The summed E-state index contributed by atoms with van der Waals surface area (Å²) in [7, 11) is 0. The molecular weight excluding hydrogens is 470 g/mol. The van der Waals surface area contributed by atoms with Gasteiger partial charge in [-0.3, -0.25) is 4.79 Å². The Morgan fingerprint density at radius 1 is 1.03 bits per heavy atom. The van der Waals surface area contributed by atoms with Gasteiger partial charge < -0.3 is 15.4 Å². The molecule has 0 saturated heterocycles. The molecule has 1 aromatic heterocycles. The van der Waals surface area contributed by atoms with Gasteiger partial charge in [0, 0.05) is 22.0 Å². The first-order valence-corrected chi connectivity index (χ1v) is 12.0. The molecular formula is C25H18ClN5O2S. The Bertz CT molecular complexity index is 1450. The maximum atomic E-state index is 13.3. The van der Waals surface area contributed by atoms with Crippen LogP contribution in [0.1, 0.15) is 16.7 Å². The Hall–Kier alpha value is -3.62. The number of halogens is 1. The van der Waals surface area contributed by atoms with E-state index >= 15 is 0 Å². The minimum absolute atomic E-state index is 0.224. The number of nitrogens with zero attached hydrogens (tertiary/aromatic N) is 3. The van der Waals surface area contributed by atoms with Crippen LogP contribution in [-0.4, -0.2) is 21.1 Å². The molecule has 0 fully saturated rings.